The maximum Gasteiger partial charge on any atom is 0.237 e. The summed E-state index contributed by atoms with van der Waals surface area (Å²) in [5, 5.41) is 9.02. The zero-order valence-electron chi connectivity index (χ0n) is 7.71. The molecule has 76 valence electrons. The average Bonchev–Trinajstić information content (AvgIpc) is 2.41. The molecule has 1 atom stereocenters. The van der Waals surface area contributed by atoms with Gasteiger partial charge in [0.1, 0.15) is 5.88 Å². The molecular formula is C9H16ClNO2. The molecule has 1 rings (SSSR count). The van der Waals surface area contributed by atoms with E-state index in [-0.39, 0.29) is 24.3 Å². The summed E-state index contributed by atoms with van der Waals surface area (Å²) < 4.78 is 0. The van der Waals surface area contributed by atoms with Crippen LogP contribution in [0.25, 0.3) is 0 Å². The van der Waals surface area contributed by atoms with Gasteiger partial charge in [0.15, 0.2) is 0 Å². The van der Waals surface area contributed by atoms with Crippen LogP contribution in [0.2, 0.25) is 0 Å². The van der Waals surface area contributed by atoms with E-state index in [1.807, 2.05) is 0 Å². The van der Waals surface area contributed by atoms with Crippen molar-refractivity contribution in [3.8, 4) is 0 Å². The number of amides is 1. The molecule has 4 heteroatoms. The Hall–Kier alpha value is -0.280. The molecule has 0 aromatic rings. The molecule has 0 spiro atoms. The van der Waals surface area contributed by atoms with Crippen molar-refractivity contribution in [1.29, 1.82) is 0 Å². The summed E-state index contributed by atoms with van der Waals surface area (Å²) in [5.41, 5.74) is 0. The van der Waals surface area contributed by atoms with Gasteiger partial charge in [-0.3, -0.25) is 4.79 Å². The minimum Gasteiger partial charge on any atom is -0.396 e. The Kier molecular flexibility index (Phi) is 4.53. The van der Waals surface area contributed by atoms with Crippen molar-refractivity contribution in [2.75, 3.05) is 25.6 Å². The number of carbonyl (C=O) groups is 1. The van der Waals surface area contributed by atoms with E-state index in [0.29, 0.717) is 6.54 Å². The highest BCUT2D eigenvalue weighted by Gasteiger charge is 2.20. The van der Waals surface area contributed by atoms with Gasteiger partial charge in [-0.1, -0.05) is 6.42 Å². The van der Waals surface area contributed by atoms with Crippen LogP contribution in [0.4, 0.5) is 0 Å². The second-order valence-corrected chi connectivity index (χ2v) is 3.79. The Morgan fingerprint density at radius 1 is 1.54 bits per heavy atom. The van der Waals surface area contributed by atoms with Crippen LogP contribution in [0.5, 0.6) is 0 Å². The van der Waals surface area contributed by atoms with Crippen LogP contribution in [0.3, 0.4) is 0 Å². The smallest absolute Gasteiger partial charge is 0.237 e. The monoisotopic (exact) mass is 205 g/mol. The topological polar surface area (TPSA) is 40.5 Å². The van der Waals surface area contributed by atoms with Crippen LogP contribution in [-0.2, 0) is 4.79 Å². The Balaban J connectivity index is 2.48. The summed E-state index contributed by atoms with van der Waals surface area (Å²) in [6.45, 7) is 1.64. The van der Waals surface area contributed by atoms with Crippen molar-refractivity contribution < 1.29 is 9.90 Å². The molecule has 1 unspecified atom stereocenters. The van der Waals surface area contributed by atoms with Gasteiger partial charge >= 0.3 is 0 Å². The van der Waals surface area contributed by atoms with Crippen molar-refractivity contribution in [2.45, 2.75) is 19.3 Å². The zero-order chi connectivity index (χ0) is 9.68. The standard InChI is InChI=1S/C9H16ClNO2/c10-5-9(13)11-4-2-1-3-8(6-11)7-12/h8,12H,1-7H2. The fourth-order valence-electron chi connectivity index (χ4n) is 1.69. The highest BCUT2D eigenvalue weighted by molar-refractivity contribution is 6.27. The number of rotatable bonds is 2. The van der Waals surface area contributed by atoms with E-state index in [4.69, 9.17) is 16.7 Å². The van der Waals surface area contributed by atoms with E-state index < -0.39 is 0 Å². The number of aliphatic hydroxyl groups excluding tert-OH is 1. The first-order chi connectivity index (χ1) is 6.27. The summed E-state index contributed by atoms with van der Waals surface area (Å²) in [7, 11) is 0. The molecule has 1 amide bonds. The number of aliphatic hydroxyl groups is 1. The summed E-state index contributed by atoms with van der Waals surface area (Å²) in [6, 6.07) is 0. The Morgan fingerprint density at radius 3 is 2.92 bits per heavy atom. The predicted molar refractivity (Wildman–Crippen MR) is 51.7 cm³/mol. The van der Waals surface area contributed by atoms with Crippen molar-refractivity contribution in [3.63, 3.8) is 0 Å². The largest absolute Gasteiger partial charge is 0.396 e. The number of nitrogens with zero attached hydrogens (tertiary/aromatic N) is 1. The van der Waals surface area contributed by atoms with Crippen molar-refractivity contribution in [2.24, 2.45) is 5.92 Å². The van der Waals surface area contributed by atoms with E-state index in [2.05, 4.69) is 0 Å². The molecule has 0 saturated carbocycles. The number of hydrogen-bond donors (Lipinski definition) is 1. The fraction of sp³-hybridized carbons (Fsp3) is 0.889. The van der Waals surface area contributed by atoms with Gasteiger partial charge in [-0.25, -0.2) is 0 Å². The van der Waals surface area contributed by atoms with E-state index in [1.54, 1.807) is 4.90 Å². The van der Waals surface area contributed by atoms with Gasteiger partial charge < -0.3 is 10.0 Å². The van der Waals surface area contributed by atoms with E-state index in [1.165, 1.54) is 0 Å². The van der Waals surface area contributed by atoms with E-state index in [0.717, 1.165) is 25.8 Å². The number of alkyl halides is 1. The molecule has 1 saturated heterocycles. The Labute approximate surface area is 83.7 Å². The van der Waals surface area contributed by atoms with Crippen molar-refractivity contribution in [1.82, 2.24) is 4.90 Å². The lowest BCUT2D eigenvalue weighted by molar-refractivity contribution is -0.129. The molecule has 0 aliphatic carbocycles. The van der Waals surface area contributed by atoms with Gasteiger partial charge in [0.25, 0.3) is 0 Å². The van der Waals surface area contributed by atoms with Crippen LogP contribution >= 0.6 is 11.6 Å². The summed E-state index contributed by atoms with van der Waals surface area (Å²) in [5.74, 6) is 0.287. The summed E-state index contributed by atoms with van der Waals surface area (Å²) in [4.78, 5) is 13.1. The first-order valence-electron chi connectivity index (χ1n) is 4.72. The highest BCUT2D eigenvalue weighted by Crippen LogP contribution is 2.16. The number of hydrogen-bond acceptors (Lipinski definition) is 2. The lowest BCUT2D eigenvalue weighted by Gasteiger charge is -2.22. The minimum absolute atomic E-state index is 0.0120. The summed E-state index contributed by atoms with van der Waals surface area (Å²) in [6.07, 6.45) is 3.14. The molecule has 13 heavy (non-hydrogen) atoms. The maximum atomic E-state index is 11.3. The van der Waals surface area contributed by atoms with Gasteiger partial charge in [0, 0.05) is 19.7 Å². The van der Waals surface area contributed by atoms with Gasteiger partial charge in [0.05, 0.1) is 0 Å². The first kappa shape index (κ1) is 10.8. The van der Waals surface area contributed by atoms with Gasteiger partial charge in [-0.15, -0.1) is 11.6 Å². The third kappa shape index (κ3) is 3.16. The maximum absolute atomic E-state index is 11.3. The lowest BCUT2D eigenvalue weighted by atomic mass is 10.1. The van der Waals surface area contributed by atoms with Gasteiger partial charge in [0.2, 0.25) is 5.91 Å². The molecule has 0 aromatic heterocycles. The van der Waals surface area contributed by atoms with Crippen molar-refractivity contribution in [3.05, 3.63) is 0 Å². The molecule has 1 aliphatic rings. The van der Waals surface area contributed by atoms with E-state index >= 15 is 0 Å². The average molecular weight is 206 g/mol. The SMILES string of the molecule is O=C(CCl)N1CCCCC(CO)C1. The van der Waals surface area contributed by atoms with Crippen LogP contribution in [-0.4, -0.2) is 41.5 Å². The van der Waals surface area contributed by atoms with Gasteiger partial charge in [-0.2, -0.15) is 0 Å². The molecule has 1 N–H and O–H groups in total. The quantitative estimate of drug-likeness (QED) is 0.679. The first-order valence-corrected chi connectivity index (χ1v) is 5.26. The van der Waals surface area contributed by atoms with E-state index in [9.17, 15) is 4.79 Å². The molecule has 0 aromatic carbocycles. The predicted octanol–water partition coefficient (Wildman–Crippen LogP) is 0.846. The lowest BCUT2D eigenvalue weighted by Crippen LogP contribution is -2.36. The van der Waals surface area contributed by atoms with Gasteiger partial charge in [-0.05, 0) is 18.8 Å². The van der Waals surface area contributed by atoms with Crippen molar-refractivity contribution >= 4 is 17.5 Å². The Morgan fingerprint density at radius 2 is 2.31 bits per heavy atom. The third-order valence-electron chi connectivity index (χ3n) is 2.49. The number of halogens is 1. The van der Waals surface area contributed by atoms with Crippen LogP contribution < -0.4 is 0 Å². The normalized spacial score (nSPS) is 24.2. The molecule has 1 fully saturated rings. The highest BCUT2D eigenvalue weighted by atomic mass is 35.5. The molecule has 0 radical (unpaired) electrons. The number of likely N-dealkylation sites (tertiary alicyclic amines) is 1. The second-order valence-electron chi connectivity index (χ2n) is 3.52. The molecule has 0 bridgehead atoms. The number of carbonyl (C=O) groups excluding carboxylic acids is 1. The second kappa shape index (κ2) is 5.45. The summed E-state index contributed by atoms with van der Waals surface area (Å²) >= 11 is 5.48. The molecular weight excluding hydrogens is 190 g/mol. The third-order valence-corrected chi connectivity index (χ3v) is 2.72. The van der Waals surface area contributed by atoms with Crippen LogP contribution in [0.15, 0.2) is 0 Å². The zero-order valence-corrected chi connectivity index (χ0v) is 8.46. The molecule has 1 aliphatic heterocycles. The molecule has 1 heterocycles. The van der Waals surface area contributed by atoms with Crippen LogP contribution in [0.1, 0.15) is 19.3 Å². The minimum atomic E-state index is -0.0120. The molecule has 3 nitrogen and oxygen atoms in total. The fourth-order valence-corrected chi connectivity index (χ4v) is 1.86. The Bertz CT molecular complexity index is 175. The van der Waals surface area contributed by atoms with Crippen LogP contribution in [0, 0.1) is 5.92 Å².